The van der Waals surface area contributed by atoms with Crippen molar-refractivity contribution in [3.05, 3.63) is 11.4 Å². The number of rotatable bonds is 5. The van der Waals surface area contributed by atoms with Gasteiger partial charge in [-0.05, 0) is 20.6 Å². The zero-order chi connectivity index (χ0) is 10.3. The zero-order valence-electron chi connectivity index (χ0n) is 8.62. The Bertz CT molecular complexity index is 214. The maximum atomic E-state index is 5.71. The summed E-state index contributed by atoms with van der Waals surface area (Å²) in [5.41, 5.74) is 7.54. The number of hydrogen-bond acceptors (Lipinski definition) is 3. The summed E-state index contributed by atoms with van der Waals surface area (Å²) < 4.78 is 0. The smallest absolute Gasteiger partial charge is 0.109 e. The average molecular weight is 182 g/mol. The van der Waals surface area contributed by atoms with Gasteiger partial charge in [0.05, 0.1) is 12.2 Å². The molecule has 0 radical (unpaired) electrons. The van der Waals surface area contributed by atoms with Crippen molar-refractivity contribution >= 4 is 13.1 Å². The molecule has 0 spiro atoms. The van der Waals surface area contributed by atoms with Gasteiger partial charge in [0.25, 0.3) is 0 Å². The van der Waals surface area contributed by atoms with Gasteiger partial charge < -0.3 is 10.6 Å². The second kappa shape index (κ2) is 6.22. The molecule has 0 aromatic heterocycles. The lowest BCUT2D eigenvalue weighted by Gasteiger charge is -2.20. The van der Waals surface area contributed by atoms with Crippen molar-refractivity contribution in [1.82, 2.24) is 4.90 Å². The summed E-state index contributed by atoms with van der Waals surface area (Å²) in [7, 11) is 1.99. The van der Waals surface area contributed by atoms with E-state index in [0.717, 1.165) is 17.9 Å². The minimum absolute atomic E-state index is 0.561. The van der Waals surface area contributed by atoms with E-state index in [1.807, 2.05) is 14.0 Å². The van der Waals surface area contributed by atoms with E-state index in [9.17, 15) is 0 Å². The molecular formula is C9H18N4. The van der Waals surface area contributed by atoms with E-state index in [2.05, 4.69) is 28.5 Å². The first-order chi connectivity index (χ1) is 6.13. The van der Waals surface area contributed by atoms with Crippen LogP contribution in [0.3, 0.4) is 0 Å². The first-order valence-electron chi connectivity index (χ1n) is 4.24. The van der Waals surface area contributed by atoms with Crippen LogP contribution in [0.4, 0.5) is 0 Å². The first-order valence-corrected chi connectivity index (χ1v) is 4.24. The fourth-order valence-corrected chi connectivity index (χ4v) is 0.922. The molecule has 0 aliphatic heterocycles. The minimum atomic E-state index is 0.561. The molecule has 4 nitrogen and oxygen atoms in total. The van der Waals surface area contributed by atoms with E-state index in [1.165, 1.54) is 6.34 Å². The first kappa shape index (κ1) is 11.7. The molecule has 0 heterocycles. The fourth-order valence-electron chi connectivity index (χ4n) is 0.922. The Balaban J connectivity index is 4.37. The van der Waals surface area contributed by atoms with Gasteiger partial charge in [0.2, 0.25) is 0 Å². The molecule has 0 saturated heterocycles. The summed E-state index contributed by atoms with van der Waals surface area (Å²) >= 11 is 0. The van der Waals surface area contributed by atoms with Crippen LogP contribution < -0.4 is 5.73 Å². The maximum Gasteiger partial charge on any atom is 0.109 e. The molecule has 0 unspecified atom stereocenters. The number of nitrogens with zero attached hydrogens (tertiary/aromatic N) is 3. The molecule has 0 saturated carbocycles. The van der Waals surface area contributed by atoms with Crippen molar-refractivity contribution in [3.8, 4) is 0 Å². The van der Waals surface area contributed by atoms with Crippen molar-refractivity contribution in [2.24, 2.45) is 15.7 Å². The van der Waals surface area contributed by atoms with Crippen LogP contribution >= 0.6 is 0 Å². The minimum Gasteiger partial charge on any atom is -0.401 e. The molecule has 0 aliphatic carbocycles. The maximum absolute atomic E-state index is 5.71. The van der Waals surface area contributed by atoms with Gasteiger partial charge in [-0.1, -0.05) is 0 Å². The van der Waals surface area contributed by atoms with E-state index in [-0.39, 0.29) is 0 Å². The summed E-state index contributed by atoms with van der Waals surface area (Å²) in [6.07, 6.45) is 1.44. The Morgan fingerprint density at radius 3 is 2.62 bits per heavy atom. The number of hydrogen-bond donors (Lipinski definition) is 1. The third-order valence-electron chi connectivity index (χ3n) is 1.79. The molecule has 0 fully saturated rings. The summed E-state index contributed by atoms with van der Waals surface area (Å²) in [6, 6.07) is 0. The van der Waals surface area contributed by atoms with Crippen LogP contribution in [0, 0.1) is 0 Å². The molecule has 0 bridgehead atoms. The standard InChI is InChI=1S/C9H18N4/c1-5-13(4)9(8(2)10)6-12-7-11-3/h7H,3,5-6,10H2,1-2,4H3/b9-8-,12-7-. The van der Waals surface area contributed by atoms with Crippen molar-refractivity contribution in [2.45, 2.75) is 13.8 Å². The van der Waals surface area contributed by atoms with E-state index in [4.69, 9.17) is 5.73 Å². The largest absolute Gasteiger partial charge is 0.401 e. The highest BCUT2D eigenvalue weighted by Crippen LogP contribution is 2.04. The van der Waals surface area contributed by atoms with E-state index >= 15 is 0 Å². The predicted octanol–water partition coefficient (Wildman–Crippen LogP) is 0.857. The van der Waals surface area contributed by atoms with Crippen LogP contribution in [0.25, 0.3) is 0 Å². The van der Waals surface area contributed by atoms with Crippen LogP contribution in [0.1, 0.15) is 13.8 Å². The quantitative estimate of drug-likeness (QED) is 0.506. The van der Waals surface area contributed by atoms with Crippen LogP contribution in [0.15, 0.2) is 21.4 Å². The second-order valence-corrected chi connectivity index (χ2v) is 2.78. The summed E-state index contributed by atoms with van der Waals surface area (Å²) in [5, 5.41) is 0. The molecule has 0 aromatic carbocycles. The van der Waals surface area contributed by atoms with Gasteiger partial charge in [0, 0.05) is 19.3 Å². The normalized spacial score (nSPS) is 12.8. The summed E-state index contributed by atoms with van der Waals surface area (Å²) in [5.74, 6) is 0. The topological polar surface area (TPSA) is 54.0 Å². The fraction of sp³-hybridized carbons (Fsp3) is 0.556. The molecule has 0 aliphatic rings. The highest BCUT2D eigenvalue weighted by molar-refractivity contribution is 5.62. The van der Waals surface area contributed by atoms with Crippen LogP contribution in [-0.2, 0) is 0 Å². The van der Waals surface area contributed by atoms with E-state index in [0.29, 0.717) is 6.54 Å². The summed E-state index contributed by atoms with van der Waals surface area (Å²) in [6.45, 7) is 8.73. The molecule has 0 aromatic rings. The SMILES string of the molecule is C=N/C=N\C/C(=C(\C)N)N(C)CC. The molecule has 4 heteroatoms. The van der Waals surface area contributed by atoms with Crippen molar-refractivity contribution in [1.29, 1.82) is 0 Å². The zero-order valence-corrected chi connectivity index (χ0v) is 8.62. The molecule has 13 heavy (non-hydrogen) atoms. The van der Waals surface area contributed by atoms with E-state index in [1.54, 1.807) is 0 Å². The predicted molar refractivity (Wildman–Crippen MR) is 58.1 cm³/mol. The molecule has 74 valence electrons. The number of nitrogens with two attached hydrogens (primary N) is 1. The third-order valence-corrected chi connectivity index (χ3v) is 1.79. The Kier molecular flexibility index (Phi) is 5.59. The lowest BCUT2D eigenvalue weighted by Crippen LogP contribution is -2.22. The van der Waals surface area contributed by atoms with Gasteiger partial charge in [0.1, 0.15) is 6.34 Å². The van der Waals surface area contributed by atoms with Crippen molar-refractivity contribution in [2.75, 3.05) is 20.1 Å². The lowest BCUT2D eigenvalue weighted by molar-refractivity contribution is 0.429. The van der Waals surface area contributed by atoms with Gasteiger partial charge in [0.15, 0.2) is 0 Å². The number of aliphatic imine (C=N–C) groups is 2. The summed E-state index contributed by atoms with van der Waals surface area (Å²) in [4.78, 5) is 9.64. The Morgan fingerprint density at radius 1 is 1.62 bits per heavy atom. The van der Waals surface area contributed by atoms with Gasteiger partial charge in [-0.3, -0.25) is 9.98 Å². The van der Waals surface area contributed by atoms with Crippen molar-refractivity contribution < 1.29 is 0 Å². The monoisotopic (exact) mass is 182 g/mol. The molecule has 2 N–H and O–H groups in total. The van der Waals surface area contributed by atoms with Gasteiger partial charge in [-0.25, -0.2) is 0 Å². The Hall–Kier alpha value is -1.32. The van der Waals surface area contributed by atoms with Crippen LogP contribution in [0.2, 0.25) is 0 Å². The second-order valence-electron chi connectivity index (χ2n) is 2.78. The van der Waals surface area contributed by atoms with Crippen LogP contribution in [0.5, 0.6) is 0 Å². The van der Waals surface area contributed by atoms with Gasteiger partial charge in [-0.2, -0.15) is 0 Å². The van der Waals surface area contributed by atoms with Crippen molar-refractivity contribution in [3.63, 3.8) is 0 Å². The Morgan fingerprint density at radius 2 is 2.23 bits per heavy atom. The molecular weight excluding hydrogens is 164 g/mol. The number of allylic oxidation sites excluding steroid dienone is 1. The average Bonchev–Trinajstić information content (AvgIpc) is 2.11. The third kappa shape index (κ3) is 4.30. The molecule has 0 atom stereocenters. The lowest BCUT2D eigenvalue weighted by atomic mass is 10.3. The van der Waals surface area contributed by atoms with Crippen LogP contribution in [-0.4, -0.2) is 38.1 Å². The molecule has 0 amide bonds. The van der Waals surface area contributed by atoms with Gasteiger partial charge >= 0.3 is 0 Å². The number of likely N-dealkylation sites (N-methyl/N-ethyl adjacent to an activating group) is 1. The highest BCUT2D eigenvalue weighted by Gasteiger charge is 2.03. The van der Waals surface area contributed by atoms with Gasteiger partial charge in [-0.15, -0.1) is 0 Å². The molecule has 0 rings (SSSR count). The van der Waals surface area contributed by atoms with E-state index < -0.39 is 0 Å². The highest BCUT2D eigenvalue weighted by atomic mass is 15.1. The Labute approximate surface area is 79.9 Å².